The second-order valence-electron chi connectivity index (χ2n) is 12.4. The van der Waals surface area contributed by atoms with Crippen LogP contribution in [0.2, 0.25) is 64.0 Å². The van der Waals surface area contributed by atoms with Crippen LogP contribution in [0.1, 0.15) is 61.3 Å². The van der Waals surface area contributed by atoms with Crippen LogP contribution in [-0.4, -0.2) is 50.3 Å². The summed E-state index contributed by atoms with van der Waals surface area (Å²) in [5.74, 6) is 0. The SMILES string of the molecule is CCC(C)(O[Si](C)(C)C(C)(CC)C(C)(C)O[SiH](C)C(C)O[Si](C)(C)C)[Si](C)(C)C. The van der Waals surface area contributed by atoms with Crippen molar-refractivity contribution in [1.29, 1.82) is 0 Å². The molecule has 0 radical (unpaired) electrons. The maximum absolute atomic E-state index is 7.22. The van der Waals surface area contributed by atoms with Crippen molar-refractivity contribution in [1.82, 2.24) is 0 Å². The van der Waals surface area contributed by atoms with Crippen LogP contribution in [0.3, 0.4) is 0 Å². The van der Waals surface area contributed by atoms with Gasteiger partial charge in [0.1, 0.15) is 0 Å². The molecule has 0 aromatic rings. The summed E-state index contributed by atoms with van der Waals surface area (Å²) in [6.07, 6.45) is 2.14. The largest absolute Gasteiger partial charge is 0.416 e. The highest BCUT2D eigenvalue weighted by Gasteiger charge is 2.57. The first-order chi connectivity index (χ1) is 12.6. The summed E-state index contributed by atoms with van der Waals surface area (Å²) >= 11 is 0. The summed E-state index contributed by atoms with van der Waals surface area (Å²) in [7, 11) is -6.67. The smallest absolute Gasteiger partial charge is 0.201 e. The van der Waals surface area contributed by atoms with E-state index in [4.69, 9.17) is 13.3 Å². The Bertz CT molecular complexity index is 525. The van der Waals surface area contributed by atoms with E-state index in [1.54, 1.807) is 0 Å². The zero-order chi connectivity index (χ0) is 23.7. The maximum Gasteiger partial charge on any atom is 0.201 e. The van der Waals surface area contributed by atoms with Gasteiger partial charge in [0.15, 0.2) is 16.6 Å². The fourth-order valence-corrected chi connectivity index (χ4v) is 15.9. The molecular formula is C22H54O3Si4. The van der Waals surface area contributed by atoms with Gasteiger partial charge in [0.25, 0.3) is 0 Å². The molecule has 29 heavy (non-hydrogen) atoms. The maximum atomic E-state index is 7.22. The van der Waals surface area contributed by atoms with Crippen molar-refractivity contribution in [3.8, 4) is 0 Å². The van der Waals surface area contributed by atoms with Crippen molar-refractivity contribution in [2.24, 2.45) is 0 Å². The number of rotatable bonds is 12. The van der Waals surface area contributed by atoms with Gasteiger partial charge in [-0.1, -0.05) is 40.4 Å². The zero-order valence-electron chi connectivity index (χ0n) is 22.8. The zero-order valence-corrected chi connectivity index (χ0v) is 26.9. The first kappa shape index (κ1) is 29.7. The lowest BCUT2D eigenvalue weighted by Gasteiger charge is -2.57. The lowest BCUT2D eigenvalue weighted by atomic mass is 9.89. The summed E-state index contributed by atoms with van der Waals surface area (Å²) in [4.78, 5) is 0. The molecule has 0 aromatic carbocycles. The van der Waals surface area contributed by atoms with E-state index in [1.165, 1.54) is 0 Å². The summed E-state index contributed by atoms with van der Waals surface area (Å²) in [5, 5.41) is 0.00271. The van der Waals surface area contributed by atoms with E-state index < -0.39 is 33.7 Å². The summed E-state index contributed by atoms with van der Waals surface area (Å²) in [6.45, 7) is 37.5. The van der Waals surface area contributed by atoms with Crippen LogP contribution in [0, 0.1) is 0 Å². The number of hydrogen-bond acceptors (Lipinski definition) is 3. The van der Waals surface area contributed by atoms with Crippen molar-refractivity contribution in [2.45, 2.75) is 142 Å². The Labute approximate surface area is 188 Å². The van der Waals surface area contributed by atoms with E-state index in [2.05, 4.69) is 107 Å². The second kappa shape index (κ2) is 9.71. The topological polar surface area (TPSA) is 27.7 Å². The molecule has 3 nitrogen and oxygen atoms in total. The molecule has 0 aliphatic heterocycles. The Balaban J connectivity index is 5.83. The molecule has 0 heterocycles. The minimum atomic E-state index is -2.11. The van der Waals surface area contributed by atoms with Gasteiger partial charge in [-0.15, -0.1) is 0 Å². The standard InChI is InChI=1S/C22H54O3Si4/c1-17-21(6,29(15,16)25-22(7,18-2)27(9,10)11)20(4,5)24-26(8)19(3)23-28(12,13)14/h19,26H,17-18H2,1-16H3. The molecule has 0 rings (SSSR count). The van der Waals surface area contributed by atoms with Crippen molar-refractivity contribution in [3.05, 3.63) is 0 Å². The number of hydrogen-bond donors (Lipinski definition) is 0. The molecule has 0 aliphatic carbocycles. The van der Waals surface area contributed by atoms with E-state index in [9.17, 15) is 0 Å². The fraction of sp³-hybridized carbons (Fsp3) is 1.00. The van der Waals surface area contributed by atoms with Crippen molar-refractivity contribution in [2.75, 3.05) is 0 Å². The predicted molar refractivity (Wildman–Crippen MR) is 141 cm³/mol. The van der Waals surface area contributed by atoms with Crippen LogP contribution < -0.4 is 0 Å². The van der Waals surface area contributed by atoms with Gasteiger partial charge in [-0.05, 0) is 79.8 Å². The third kappa shape index (κ3) is 7.12. The highest BCUT2D eigenvalue weighted by molar-refractivity contribution is 6.81. The summed E-state index contributed by atoms with van der Waals surface area (Å²) in [5.41, 5.74) is -0.00973. The molecule has 4 unspecified atom stereocenters. The summed E-state index contributed by atoms with van der Waals surface area (Å²) in [6, 6.07) is 0. The van der Waals surface area contributed by atoms with Gasteiger partial charge >= 0.3 is 0 Å². The molecule has 0 fully saturated rings. The molecule has 0 aromatic heterocycles. The summed E-state index contributed by atoms with van der Waals surface area (Å²) < 4.78 is 20.5. The molecule has 7 heteroatoms. The van der Waals surface area contributed by atoms with Crippen LogP contribution in [0.15, 0.2) is 0 Å². The lowest BCUT2D eigenvalue weighted by molar-refractivity contribution is 0.0249. The Kier molecular flexibility index (Phi) is 9.96. The van der Waals surface area contributed by atoms with E-state index in [0.29, 0.717) is 0 Å². The molecule has 0 saturated heterocycles. The van der Waals surface area contributed by atoms with Gasteiger partial charge in [0.2, 0.25) is 9.04 Å². The monoisotopic (exact) mass is 478 g/mol. The van der Waals surface area contributed by atoms with E-state index in [1.807, 2.05) is 0 Å². The third-order valence-corrected chi connectivity index (χ3v) is 20.0. The highest BCUT2D eigenvalue weighted by Crippen LogP contribution is 2.54. The minimum absolute atomic E-state index is 0.00743. The first-order valence-electron chi connectivity index (χ1n) is 11.6. The molecular weight excluding hydrogens is 425 g/mol. The fourth-order valence-electron chi connectivity index (χ4n) is 4.35. The van der Waals surface area contributed by atoms with Crippen LogP contribution in [0.4, 0.5) is 0 Å². The molecule has 0 N–H and O–H groups in total. The van der Waals surface area contributed by atoms with Crippen LogP contribution in [0.25, 0.3) is 0 Å². The van der Waals surface area contributed by atoms with Gasteiger partial charge in [-0.25, -0.2) is 0 Å². The van der Waals surface area contributed by atoms with Crippen LogP contribution >= 0.6 is 0 Å². The molecule has 0 saturated carbocycles. The molecule has 0 spiro atoms. The second-order valence-corrected chi connectivity index (χ2v) is 29.3. The van der Waals surface area contributed by atoms with E-state index in [0.717, 1.165) is 12.8 Å². The molecule has 176 valence electrons. The lowest BCUT2D eigenvalue weighted by Crippen LogP contribution is -2.64. The highest BCUT2D eigenvalue weighted by atomic mass is 28.4. The average Bonchev–Trinajstić information content (AvgIpc) is 2.49. The minimum Gasteiger partial charge on any atom is -0.416 e. The van der Waals surface area contributed by atoms with Gasteiger partial charge in [-0.3, -0.25) is 0 Å². The first-order valence-corrected chi connectivity index (χ1v) is 23.8. The molecule has 0 bridgehead atoms. The van der Waals surface area contributed by atoms with Gasteiger partial charge in [0.05, 0.1) is 19.4 Å². The quantitative estimate of drug-likeness (QED) is 0.274. The third-order valence-electron chi connectivity index (χ3n) is 7.79. The van der Waals surface area contributed by atoms with Gasteiger partial charge < -0.3 is 13.3 Å². The van der Waals surface area contributed by atoms with Crippen molar-refractivity contribution >= 4 is 33.7 Å². The van der Waals surface area contributed by atoms with Gasteiger partial charge in [0, 0.05) is 10.3 Å². The molecule has 0 aliphatic rings. The Morgan fingerprint density at radius 2 is 1.28 bits per heavy atom. The van der Waals surface area contributed by atoms with Crippen molar-refractivity contribution in [3.63, 3.8) is 0 Å². The normalized spacial score (nSPS) is 20.7. The predicted octanol–water partition coefficient (Wildman–Crippen LogP) is 7.35. The molecule has 0 amide bonds. The van der Waals surface area contributed by atoms with E-state index in [-0.39, 0.29) is 21.6 Å². The Morgan fingerprint density at radius 1 is 0.828 bits per heavy atom. The molecule has 4 atom stereocenters. The average molecular weight is 479 g/mol. The Morgan fingerprint density at radius 3 is 1.59 bits per heavy atom. The van der Waals surface area contributed by atoms with Crippen molar-refractivity contribution < 1.29 is 13.3 Å². The van der Waals surface area contributed by atoms with Gasteiger partial charge in [-0.2, -0.15) is 0 Å². The van der Waals surface area contributed by atoms with Crippen LogP contribution in [-0.2, 0) is 13.3 Å². The van der Waals surface area contributed by atoms with E-state index >= 15 is 0 Å². The van der Waals surface area contributed by atoms with Crippen LogP contribution in [0.5, 0.6) is 0 Å². The Hall–Kier alpha value is 0.748.